The molecule has 6 heteroatoms. The molecule has 2 heterocycles. The standard InChI is InChI=1S/C18H11N3O2S/c22-17(15-7-3-5-12-4-1-2-6-14(12)15)24-18-21-20-16(23-18)13-8-10-19-11-9-13/h1-11H. The lowest BCUT2D eigenvalue weighted by Gasteiger charge is -2.03. The van der Waals surface area contributed by atoms with E-state index in [9.17, 15) is 4.79 Å². The number of rotatable bonds is 3. The summed E-state index contributed by atoms with van der Waals surface area (Å²) < 4.78 is 5.57. The molecule has 2 aromatic carbocycles. The summed E-state index contributed by atoms with van der Waals surface area (Å²) >= 11 is 0.932. The minimum atomic E-state index is -0.128. The predicted octanol–water partition coefficient (Wildman–Crippen LogP) is 4.22. The molecule has 0 aliphatic carbocycles. The van der Waals surface area contributed by atoms with Crippen LogP contribution in [0.3, 0.4) is 0 Å². The topological polar surface area (TPSA) is 68.9 Å². The number of benzene rings is 2. The zero-order valence-corrected chi connectivity index (χ0v) is 13.2. The Morgan fingerprint density at radius 2 is 1.71 bits per heavy atom. The van der Waals surface area contributed by atoms with E-state index in [2.05, 4.69) is 15.2 Å². The molecule has 2 aromatic heterocycles. The van der Waals surface area contributed by atoms with E-state index >= 15 is 0 Å². The average Bonchev–Trinajstić information content (AvgIpc) is 3.10. The van der Waals surface area contributed by atoms with Crippen molar-refractivity contribution >= 4 is 27.6 Å². The number of fused-ring (bicyclic) bond motifs is 1. The Kier molecular flexibility index (Phi) is 3.80. The molecule has 5 nitrogen and oxygen atoms in total. The molecule has 116 valence electrons. The lowest BCUT2D eigenvalue weighted by Crippen LogP contribution is -1.94. The number of pyridine rings is 1. The Labute approximate surface area is 141 Å². The van der Waals surface area contributed by atoms with E-state index in [1.165, 1.54) is 0 Å². The number of thioether (sulfide) groups is 1. The predicted molar refractivity (Wildman–Crippen MR) is 91.7 cm³/mol. The zero-order chi connectivity index (χ0) is 16.4. The molecule has 0 fully saturated rings. The van der Waals surface area contributed by atoms with Gasteiger partial charge in [0.15, 0.2) is 0 Å². The summed E-state index contributed by atoms with van der Waals surface area (Å²) in [6, 6.07) is 17.0. The smallest absolute Gasteiger partial charge is 0.284 e. The molecule has 0 radical (unpaired) electrons. The van der Waals surface area contributed by atoms with Crippen LogP contribution in [0.25, 0.3) is 22.2 Å². The SMILES string of the molecule is O=C(Sc1nnc(-c2ccncc2)o1)c1cccc2ccccc12. The Morgan fingerprint density at radius 3 is 2.58 bits per heavy atom. The highest BCUT2D eigenvalue weighted by Gasteiger charge is 2.16. The molecule has 0 bridgehead atoms. The molecule has 0 aliphatic rings. The summed E-state index contributed by atoms with van der Waals surface area (Å²) in [7, 11) is 0. The number of nitrogens with zero attached hydrogens (tertiary/aromatic N) is 3. The van der Waals surface area contributed by atoms with Crippen molar-refractivity contribution in [3.63, 3.8) is 0 Å². The number of aromatic nitrogens is 3. The second kappa shape index (κ2) is 6.25. The highest BCUT2D eigenvalue weighted by molar-refractivity contribution is 8.14. The molecule has 24 heavy (non-hydrogen) atoms. The van der Waals surface area contributed by atoms with Gasteiger partial charge in [0.1, 0.15) is 0 Å². The van der Waals surface area contributed by atoms with E-state index in [0.29, 0.717) is 11.5 Å². The van der Waals surface area contributed by atoms with Gasteiger partial charge < -0.3 is 4.42 Å². The van der Waals surface area contributed by atoms with Crippen LogP contribution in [0.1, 0.15) is 10.4 Å². The maximum absolute atomic E-state index is 12.6. The van der Waals surface area contributed by atoms with Crippen molar-refractivity contribution < 1.29 is 9.21 Å². The van der Waals surface area contributed by atoms with Gasteiger partial charge in [-0.15, -0.1) is 10.2 Å². The van der Waals surface area contributed by atoms with Crippen molar-refractivity contribution in [2.45, 2.75) is 5.22 Å². The monoisotopic (exact) mass is 333 g/mol. The van der Waals surface area contributed by atoms with Crippen LogP contribution >= 0.6 is 11.8 Å². The van der Waals surface area contributed by atoms with Gasteiger partial charge >= 0.3 is 0 Å². The first-order chi connectivity index (χ1) is 11.8. The van der Waals surface area contributed by atoms with Gasteiger partial charge in [-0.3, -0.25) is 9.78 Å². The average molecular weight is 333 g/mol. The second-order valence-corrected chi connectivity index (χ2v) is 5.95. The summed E-state index contributed by atoms with van der Waals surface area (Å²) in [5.41, 5.74) is 1.39. The quantitative estimate of drug-likeness (QED) is 0.523. The molecular formula is C18H11N3O2S. The summed E-state index contributed by atoms with van der Waals surface area (Å²) in [6.45, 7) is 0. The van der Waals surface area contributed by atoms with E-state index in [0.717, 1.165) is 28.1 Å². The summed E-state index contributed by atoms with van der Waals surface area (Å²) in [6.07, 6.45) is 3.29. The van der Waals surface area contributed by atoms with Crippen LogP contribution < -0.4 is 0 Å². The van der Waals surface area contributed by atoms with Crippen LogP contribution in [-0.2, 0) is 0 Å². The Balaban J connectivity index is 1.61. The molecule has 0 atom stereocenters. The Morgan fingerprint density at radius 1 is 0.917 bits per heavy atom. The first-order valence-electron chi connectivity index (χ1n) is 7.25. The highest BCUT2D eigenvalue weighted by atomic mass is 32.2. The minimum Gasteiger partial charge on any atom is -0.411 e. The van der Waals surface area contributed by atoms with Crippen LogP contribution in [-0.4, -0.2) is 20.3 Å². The fourth-order valence-electron chi connectivity index (χ4n) is 2.40. The van der Waals surface area contributed by atoms with Gasteiger partial charge in [0, 0.05) is 35.3 Å². The van der Waals surface area contributed by atoms with Crippen molar-refractivity contribution in [2.24, 2.45) is 0 Å². The molecule has 0 unspecified atom stereocenters. The van der Waals surface area contributed by atoms with E-state index in [-0.39, 0.29) is 10.3 Å². The van der Waals surface area contributed by atoms with Crippen LogP contribution in [0.5, 0.6) is 0 Å². The van der Waals surface area contributed by atoms with Crippen LogP contribution in [0.15, 0.2) is 76.6 Å². The van der Waals surface area contributed by atoms with Gasteiger partial charge in [-0.25, -0.2) is 0 Å². The van der Waals surface area contributed by atoms with E-state index < -0.39 is 0 Å². The van der Waals surface area contributed by atoms with Crippen molar-refractivity contribution in [1.29, 1.82) is 0 Å². The molecule has 0 N–H and O–H groups in total. The van der Waals surface area contributed by atoms with Gasteiger partial charge in [-0.2, -0.15) is 0 Å². The van der Waals surface area contributed by atoms with Crippen molar-refractivity contribution in [3.05, 3.63) is 72.6 Å². The lowest BCUT2D eigenvalue weighted by atomic mass is 10.1. The Bertz CT molecular complexity index is 1010. The third-order valence-electron chi connectivity index (χ3n) is 3.52. The molecule has 0 saturated heterocycles. The fourth-order valence-corrected chi connectivity index (χ4v) is 3.05. The third-order valence-corrected chi connectivity index (χ3v) is 4.27. The highest BCUT2D eigenvalue weighted by Crippen LogP contribution is 2.28. The lowest BCUT2D eigenvalue weighted by molar-refractivity contribution is 0.108. The molecule has 0 spiro atoms. The van der Waals surface area contributed by atoms with Gasteiger partial charge in [-0.1, -0.05) is 36.4 Å². The molecule has 0 aliphatic heterocycles. The summed E-state index contributed by atoms with van der Waals surface area (Å²) in [5, 5.41) is 9.94. The molecular weight excluding hydrogens is 322 g/mol. The molecule has 4 rings (SSSR count). The van der Waals surface area contributed by atoms with Crippen LogP contribution in [0, 0.1) is 0 Å². The number of carbonyl (C=O) groups is 1. The molecule has 0 amide bonds. The maximum Gasteiger partial charge on any atom is 0.284 e. The molecule has 4 aromatic rings. The number of hydrogen-bond acceptors (Lipinski definition) is 6. The zero-order valence-electron chi connectivity index (χ0n) is 12.4. The summed E-state index contributed by atoms with van der Waals surface area (Å²) in [4.78, 5) is 16.5. The Hall–Kier alpha value is -2.99. The molecule has 0 saturated carbocycles. The summed E-state index contributed by atoms with van der Waals surface area (Å²) in [5.74, 6) is 0.366. The first kappa shape index (κ1) is 14.6. The fraction of sp³-hybridized carbons (Fsp3) is 0. The first-order valence-corrected chi connectivity index (χ1v) is 8.07. The van der Waals surface area contributed by atoms with Crippen molar-refractivity contribution in [3.8, 4) is 11.5 Å². The van der Waals surface area contributed by atoms with E-state index in [4.69, 9.17) is 4.42 Å². The number of carbonyl (C=O) groups excluding carboxylic acids is 1. The van der Waals surface area contributed by atoms with Gasteiger partial charge in [0.25, 0.3) is 5.22 Å². The maximum atomic E-state index is 12.6. The van der Waals surface area contributed by atoms with Crippen LogP contribution in [0.4, 0.5) is 0 Å². The largest absolute Gasteiger partial charge is 0.411 e. The van der Waals surface area contributed by atoms with Crippen molar-refractivity contribution in [2.75, 3.05) is 0 Å². The van der Waals surface area contributed by atoms with Crippen LogP contribution in [0.2, 0.25) is 0 Å². The van der Waals surface area contributed by atoms with Gasteiger partial charge in [0.05, 0.1) is 0 Å². The van der Waals surface area contributed by atoms with Gasteiger partial charge in [-0.05, 0) is 29.0 Å². The normalized spacial score (nSPS) is 10.8. The van der Waals surface area contributed by atoms with Crippen molar-refractivity contribution in [1.82, 2.24) is 15.2 Å². The number of hydrogen-bond donors (Lipinski definition) is 0. The van der Waals surface area contributed by atoms with Gasteiger partial charge in [0.2, 0.25) is 11.0 Å². The minimum absolute atomic E-state index is 0.128. The van der Waals surface area contributed by atoms with E-state index in [1.54, 1.807) is 30.6 Å². The second-order valence-electron chi connectivity index (χ2n) is 5.03. The van der Waals surface area contributed by atoms with E-state index in [1.807, 2.05) is 36.4 Å². The third kappa shape index (κ3) is 2.79.